The molecule has 3 aromatic rings. The van der Waals surface area contributed by atoms with Crippen molar-refractivity contribution in [2.24, 2.45) is 0 Å². The molecule has 0 radical (unpaired) electrons. The Morgan fingerprint density at radius 3 is 2.73 bits per heavy atom. The van der Waals surface area contributed by atoms with Gasteiger partial charge in [-0.25, -0.2) is 9.97 Å². The van der Waals surface area contributed by atoms with Crippen LogP contribution >= 0.6 is 0 Å². The first-order valence-electron chi connectivity index (χ1n) is 8.53. The van der Waals surface area contributed by atoms with Gasteiger partial charge in [0.15, 0.2) is 0 Å². The molecule has 0 fully saturated rings. The SMILES string of the molecule is CCc1cccc(C)c1NC(=O)c1cc(NCc2ccccn2)ncn1. The highest BCUT2D eigenvalue weighted by Crippen LogP contribution is 2.21. The van der Waals surface area contributed by atoms with Gasteiger partial charge in [0.25, 0.3) is 5.91 Å². The number of nitrogens with one attached hydrogen (secondary N) is 2. The number of aromatic nitrogens is 3. The maximum Gasteiger partial charge on any atom is 0.274 e. The second kappa shape index (κ2) is 8.20. The number of anilines is 2. The number of carbonyl (C=O) groups excluding carboxylic acids is 1. The first-order valence-corrected chi connectivity index (χ1v) is 8.53. The van der Waals surface area contributed by atoms with Gasteiger partial charge in [0, 0.05) is 18.0 Å². The fraction of sp³-hybridized carbons (Fsp3) is 0.200. The van der Waals surface area contributed by atoms with Gasteiger partial charge in [-0.3, -0.25) is 9.78 Å². The molecule has 0 saturated heterocycles. The predicted molar refractivity (Wildman–Crippen MR) is 102 cm³/mol. The minimum absolute atomic E-state index is 0.253. The molecule has 1 aromatic carbocycles. The number of carbonyl (C=O) groups is 1. The average Bonchev–Trinajstić information content (AvgIpc) is 2.69. The zero-order valence-corrected chi connectivity index (χ0v) is 14.9. The lowest BCUT2D eigenvalue weighted by Crippen LogP contribution is -2.16. The average molecular weight is 347 g/mol. The first kappa shape index (κ1) is 17.5. The summed E-state index contributed by atoms with van der Waals surface area (Å²) in [5, 5.41) is 6.14. The Morgan fingerprint density at radius 1 is 1.08 bits per heavy atom. The van der Waals surface area contributed by atoms with E-state index in [9.17, 15) is 4.79 Å². The van der Waals surface area contributed by atoms with E-state index in [2.05, 4.69) is 32.5 Å². The normalized spacial score (nSPS) is 10.4. The van der Waals surface area contributed by atoms with Crippen LogP contribution in [-0.4, -0.2) is 20.9 Å². The van der Waals surface area contributed by atoms with Crippen LogP contribution in [0.3, 0.4) is 0 Å². The summed E-state index contributed by atoms with van der Waals surface area (Å²) in [6, 6.07) is 13.3. The van der Waals surface area contributed by atoms with Gasteiger partial charge >= 0.3 is 0 Å². The topological polar surface area (TPSA) is 79.8 Å². The maximum atomic E-state index is 12.6. The first-order chi connectivity index (χ1) is 12.7. The third-order valence-corrected chi connectivity index (χ3v) is 4.06. The highest BCUT2D eigenvalue weighted by Gasteiger charge is 2.12. The van der Waals surface area contributed by atoms with Gasteiger partial charge in [0.05, 0.1) is 12.2 Å². The van der Waals surface area contributed by atoms with Crippen molar-refractivity contribution in [3.8, 4) is 0 Å². The molecule has 0 aliphatic heterocycles. The summed E-state index contributed by atoms with van der Waals surface area (Å²) in [5.41, 5.74) is 4.18. The van der Waals surface area contributed by atoms with E-state index >= 15 is 0 Å². The van der Waals surface area contributed by atoms with Crippen LogP contribution in [0, 0.1) is 6.92 Å². The maximum absolute atomic E-state index is 12.6. The highest BCUT2D eigenvalue weighted by molar-refractivity contribution is 6.04. The molecule has 1 amide bonds. The molecule has 2 N–H and O–H groups in total. The lowest BCUT2D eigenvalue weighted by molar-refractivity contribution is 0.102. The van der Waals surface area contributed by atoms with Crippen LogP contribution in [0.15, 0.2) is 55.0 Å². The van der Waals surface area contributed by atoms with E-state index in [0.717, 1.165) is 28.9 Å². The molecule has 0 aliphatic carbocycles. The molecule has 0 saturated carbocycles. The molecule has 0 spiro atoms. The van der Waals surface area contributed by atoms with Crippen molar-refractivity contribution in [1.82, 2.24) is 15.0 Å². The van der Waals surface area contributed by atoms with E-state index in [1.54, 1.807) is 12.3 Å². The van der Waals surface area contributed by atoms with Crippen LogP contribution in [0.25, 0.3) is 0 Å². The molecular weight excluding hydrogens is 326 g/mol. The standard InChI is InChI=1S/C20H21N5O/c1-3-15-8-6-7-14(2)19(15)25-20(26)17-11-18(24-13-23-17)22-12-16-9-4-5-10-21-16/h4-11,13H,3,12H2,1-2H3,(H,25,26)(H,22,23,24). The second-order valence-electron chi connectivity index (χ2n) is 5.88. The molecule has 6 nitrogen and oxygen atoms in total. The summed E-state index contributed by atoms with van der Waals surface area (Å²) < 4.78 is 0. The Labute approximate surface area is 152 Å². The quantitative estimate of drug-likeness (QED) is 0.712. The fourth-order valence-electron chi connectivity index (χ4n) is 2.64. The van der Waals surface area contributed by atoms with E-state index in [0.29, 0.717) is 18.1 Å². The molecular formula is C20H21N5O. The number of para-hydroxylation sites is 1. The smallest absolute Gasteiger partial charge is 0.274 e. The lowest BCUT2D eigenvalue weighted by Gasteiger charge is -2.13. The van der Waals surface area contributed by atoms with Gasteiger partial charge in [-0.1, -0.05) is 31.2 Å². The van der Waals surface area contributed by atoms with Gasteiger partial charge in [0.2, 0.25) is 0 Å². The van der Waals surface area contributed by atoms with Crippen LogP contribution in [0.5, 0.6) is 0 Å². The Balaban J connectivity index is 1.72. The summed E-state index contributed by atoms with van der Waals surface area (Å²) in [6.07, 6.45) is 3.97. The molecule has 132 valence electrons. The summed E-state index contributed by atoms with van der Waals surface area (Å²) in [7, 11) is 0. The van der Waals surface area contributed by atoms with Crippen LogP contribution in [-0.2, 0) is 13.0 Å². The Bertz CT molecular complexity index is 896. The summed E-state index contributed by atoms with van der Waals surface area (Å²) >= 11 is 0. The summed E-state index contributed by atoms with van der Waals surface area (Å²) in [4.78, 5) is 25.1. The van der Waals surface area contributed by atoms with E-state index in [1.165, 1.54) is 6.33 Å². The van der Waals surface area contributed by atoms with Gasteiger partial charge in [-0.05, 0) is 36.6 Å². The summed E-state index contributed by atoms with van der Waals surface area (Å²) in [5.74, 6) is 0.327. The molecule has 3 rings (SSSR count). The van der Waals surface area contributed by atoms with E-state index < -0.39 is 0 Å². The number of nitrogens with zero attached hydrogens (tertiary/aromatic N) is 3. The third-order valence-electron chi connectivity index (χ3n) is 4.06. The predicted octanol–water partition coefficient (Wildman–Crippen LogP) is 3.61. The largest absolute Gasteiger partial charge is 0.364 e. The van der Waals surface area contributed by atoms with Gasteiger partial charge in [-0.2, -0.15) is 0 Å². The van der Waals surface area contributed by atoms with Crippen LogP contribution in [0.2, 0.25) is 0 Å². The summed E-state index contributed by atoms with van der Waals surface area (Å²) in [6.45, 7) is 4.57. The van der Waals surface area contributed by atoms with Gasteiger partial charge in [0.1, 0.15) is 17.8 Å². The van der Waals surface area contributed by atoms with Crippen LogP contribution in [0.4, 0.5) is 11.5 Å². The van der Waals surface area contributed by atoms with Gasteiger partial charge < -0.3 is 10.6 Å². The van der Waals surface area contributed by atoms with E-state index in [-0.39, 0.29) is 5.91 Å². The third kappa shape index (κ3) is 4.22. The Hall–Kier alpha value is -3.28. The molecule has 0 bridgehead atoms. The highest BCUT2D eigenvalue weighted by atomic mass is 16.1. The number of benzene rings is 1. The van der Waals surface area contributed by atoms with Crippen molar-refractivity contribution in [2.45, 2.75) is 26.8 Å². The van der Waals surface area contributed by atoms with Crippen LogP contribution < -0.4 is 10.6 Å². The van der Waals surface area contributed by atoms with Crippen molar-refractivity contribution in [1.29, 1.82) is 0 Å². The minimum atomic E-state index is -0.253. The molecule has 26 heavy (non-hydrogen) atoms. The molecule has 0 unspecified atom stereocenters. The number of rotatable bonds is 6. The Kier molecular flexibility index (Phi) is 5.53. The van der Waals surface area contributed by atoms with Crippen LogP contribution in [0.1, 0.15) is 34.2 Å². The number of amides is 1. The number of hydrogen-bond acceptors (Lipinski definition) is 5. The molecule has 6 heteroatoms. The second-order valence-corrected chi connectivity index (χ2v) is 5.88. The van der Waals surface area contributed by atoms with Crippen molar-refractivity contribution in [2.75, 3.05) is 10.6 Å². The van der Waals surface area contributed by atoms with Crippen molar-refractivity contribution >= 4 is 17.4 Å². The van der Waals surface area contributed by atoms with Gasteiger partial charge in [-0.15, -0.1) is 0 Å². The molecule has 0 aliphatic rings. The number of hydrogen-bond donors (Lipinski definition) is 2. The number of pyridine rings is 1. The molecule has 2 aromatic heterocycles. The monoisotopic (exact) mass is 347 g/mol. The molecule has 0 atom stereocenters. The molecule has 2 heterocycles. The zero-order chi connectivity index (χ0) is 18.4. The lowest BCUT2D eigenvalue weighted by atomic mass is 10.1. The fourth-order valence-corrected chi connectivity index (χ4v) is 2.64. The van der Waals surface area contributed by atoms with E-state index in [1.807, 2.05) is 43.3 Å². The Morgan fingerprint density at radius 2 is 1.96 bits per heavy atom. The van der Waals surface area contributed by atoms with E-state index in [4.69, 9.17) is 0 Å². The van der Waals surface area contributed by atoms with Crippen molar-refractivity contribution in [3.63, 3.8) is 0 Å². The minimum Gasteiger partial charge on any atom is -0.364 e. The van der Waals surface area contributed by atoms with Crippen molar-refractivity contribution < 1.29 is 4.79 Å². The zero-order valence-electron chi connectivity index (χ0n) is 14.9. The number of aryl methyl sites for hydroxylation is 2. The van der Waals surface area contributed by atoms with Crippen molar-refractivity contribution in [3.05, 3.63) is 77.5 Å².